The lowest BCUT2D eigenvalue weighted by Crippen LogP contribution is -3.08. The van der Waals surface area contributed by atoms with Crippen molar-refractivity contribution in [2.75, 3.05) is 34.4 Å². The van der Waals surface area contributed by atoms with E-state index < -0.39 is 0 Å². The van der Waals surface area contributed by atoms with Gasteiger partial charge in [-0.1, -0.05) is 12.0 Å². The van der Waals surface area contributed by atoms with Crippen molar-refractivity contribution < 1.29 is 19.2 Å². The van der Waals surface area contributed by atoms with Crippen LogP contribution < -0.4 is 19.7 Å². The molecule has 20 heavy (non-hydrogen) atoms. The van der Waals surface area contributed by atoms with Crippen LogP contribution in [0.25, 0.3) is 0 Å². The smallest absolute Gasteiger partial charge is 0.275 e. The van der Waals surface area contributed by atoms with Gasteiger partial charge in [-0.15, -0.1) is 6.42 Å². The van der Waals surface area contributed by atoms with Gasteiger partial charge in [0.05, 0.1) is 33.4 Å². The Hall–Kier alpha value is -2.19. The number of hydrogen-bond donors (Lipinski definition) is 2. The molecule has 0 fully saturated rings. The van der Waals surface area contributed by atoms with Crippen LogP contribution in [0.3, 0.4) is 0 Å². The third kappa shape index (κ3) is 4.48. The molecule has 0 aliphatic rings. The Morgan fingerprint density at radius 3 is 2.75 bits per heavy atom. The van der Waals surface area contributed by atoms with Crippen LogP contribution in [0.15, 0.2) is 18.2 Å². The number of amides is 1. The number of ether oxygens (including phenoxy) is 2. The summed E-state index contributed by atoms with van der Waals surface area (Å²) in [6, 6.07) is 5.71. The number of carbonyl (C=O) groups excluding carboxylic acids is 1. The first-order valence-corrected chi connectivity index (χ1v) is 6.33. The van der Waals surface area contributed by atoms with Crippen molar-refractivity contribution in [3.63, 3.8) is 0 Å². The zero-order valence-electron chi connectivity index (χ0n) is 12.2. The minimum atomic E-state index is -0.0673. The Morgan fingerprint density at radius 1 is 1.40 bits per heavy atom. The van der Waals surface area contributed by atoms with E-state index in [9.17, 15) is 4.79 Å². The maximum Gasteiger partial charge on any atom is 0.275 e. The van der Waals surface area contributed by atoms with Gasteiger partial charge < -0.3 is 19.7 Å². The number of quaternary nitrogens is 1. The second-order valence-corrected chi connectivity index (χ2v) is 4.44. The highest BCUT2D eigenvalue weighted by molar-refractivity contribution is 5.77. The molecule has 1 unspecified atom stereocenters. The predicted molar refractivity (Wildman–Crippen MR) is 76.8 cm³/mol. The molecule has 0 aliphatic heterocycles. The van der Waals surface area contributed by atoms with Crippen LogP contribution in [0, 0.1) is 12.3 Å². The summed E-state index contributed by atoms with van der Waals surface area (Å²) in [4.78, 5) is 12.6. The van der Waals surface area contributed by atoms with E-state index in [2.05, 4.69) is 11.2 Å². The molecular weight excluding hydrogens is 256 g/mol. The largest absolute Gasteiger partial charge is 0.493 e. The highest BCUT2D eigenvalue weighted by atomic mass is 16.5. The summed E-state index contributed by atoms with van der Waals surface area (Å²) < 4.78 is 10.6. The van der Waals surface area contributed by atoms with Gasteiger partial charge in [0.15, 0.2) is 18.0 Å². The number of hydrogen-bond acceptors (Lipinski definition) is 3. The molecule has 1 aromatic rings. The number of terminal acetylenes is 1. The van der Waals surface area contributed by atoms with E-state index in [0.717, 1.165) is 10.5 Å². The van der Waals surface area contributed by atoms with E-state index in [0.29, 0.717) is 24.6 Å². The van der Waals surface area contributed by atoms with Gasteiger partial charge in [-0.2, -0.15) is 0 Å². The first-order chi connectivity index (χ1) is 9.62. The Kier molecular flexibility index (Phi) is 6.41. The Bertz CT molecular complexity index is 494. The summed E-state index contributed by atoms with van der Waals surface area (Å²) in [6.07, 6.45) is 5.10. The zero-order valence-corrected chi connectivity index (χ0v) is 12.2. The SMILES string of the molecule is C#CCNC(=O)C[NH+](C)Cc1cccc(OC)c1OC. The van der Waals surface area contributed by atoms with Crippen molar-refractivity contribution in [3.8, 4) is 23.8 Å². The predicted octanol–water partition coefficient (Wildman–Crippen LogP) is -0.532. The van der Waals surface area contributed by atoms with Gasteiger partial charge in [-0.05, 0) is 12.1 Å². The van der Waals surface area contributed by atoms with E-state index in [1.165, 1.54) is 0 Å². The van der Waals surface area contributed by atoms with Crippen LogP contribution >= 0.6 is 0 Å². The molecule has 1 amide bonds. The molecule has 0 aliphatic carbocycles. The summed E-state index contributed by atoms with van der Waals surface area (Å²) in [7, 11) is 5.15. The van der Waals surface area contributed by atoms with E-state index in [-0.39, 0.29) is 12.5 Å². The molecule has 5 nitrogen and oxygen atoms in total. The monoisotopic (exact) mass is 277 g/mol. The number of rotatable bonds is 7. The van der Waals surface area contributed by atoms with Crippen molar-refractivity contribution in [1.82, 2.24) is 5.32 Å². The van der Waals surface area contributed by atoms with Crippen molar-refractivity contribution in [2.24, 2.45) is 0 Å². The zero-order chi connectivity index (χ0) is 15.0. The molecule has 0 heterocycles. The molecule has 0 aromatic heterocycles. The average Bonchev–Trinajstić information content (AvgIpc) is 2.44. The van der Waals surface area contributed by atoms with Gasteiger partial charge in [0.2, 0.25) is 0 Å². The number of methoxy groups -OCH3 is 2. The molecule has 2 N–H and O–H groups in total. The number of benzene rings is 1. The van der Waals surface area contributed by atoms with Crippen LogP contribution in [0.1, 0.15) is 5.56 Å². The normalized spacial score (nSPS) is 11.3. The molecule has 0 bridgehead atoms. The molecule has 0 saturated heterocycles. The van der Waals surface area contributed by atoms with Crippen molar-refractivity contribution in [3.05, 3.63) is 23.8 Å². The molecule has 1 rings (SSSR count). The summed E-state index contributed by atoms with van der Waals surface area (Å²) in [6.45, 7) is 1.26. The molecule has 1 aromatic carbocycles. The third-order valence-electron chi connectivity index (χ3n) is 2.83. The third-order valence-corrected chi connectivity index (χ3v) is 2.83. The lowest BCUT2D eigenvalue weighted by Gasteiger charge is -2.16. The molecule has 108 valence electrons. The van der Waals surface area contributed by atoms with Crippen LogP contribution in [-0.2, 0) is 11.3 Å². The Balaban J connectivity index is 2.68. The van der Waals surface area contributed by atoms with Crippen molar-refractivity contribution in [2.45, 2.75) is 6.54 Å². The quantitative estimate of drug-likeness (QED) is 0.659. The van der Waals surface area contributed by atoms with Gasteiger partial charge in [0.25, 0.3) is 5.91 Å². The fourth-order valence-electron chi connectivity index (χ4n) is 1.97. The summed E-state index contributed by atoms with van der Waals surface area (Å²) >= 11 is 0. The molecule has 0 saturated carbocycles. The maximum absolute atomic E-state index is 11.6. The second kappa shape index (κ2) is 8.08. The fraction of sp³-hybridized carbons (Fsp3) is 0.400. The Labute approximate surface area is 119 Å². The van der Waals surface area contributed by atoms with E-state index in [1.54, 1.807) is 14.2 Å². The summed E-state index contributed by atoms with van der Waals surface area (Å²) in [5.74, 6) is 3.71. The van der Waals surface area contributed by atoms with Gasteiger partial charge in [-0.25, -0.2) is 0 Å². The molecule has 5 heteroatoms. The summed E-state index contributed by atoms with van der Waals surface area (Å²) in [5.41, 5.74) is 0.995. The molecule has 1 atom stereocenters. The Morgan fingerprint density at radius 2 is 2.15 bits per heavy atom. The van der Waals surface area contributed by atoms with Crippen LogP contribution in [0.2, 0.25) is 0 Å². The number of nitrogens with one attached hydrogen (secondary N) is 2. The van der Waals surface area contributed by atoms with Gasteiger partial charge in [-0.3, -0.25) is 4.79 Å². The minimum Gasteiger partial charge on any atom is -0.493 e. The molecule has 0 radical (unpaired) electrons. The highest BCUT2D eigenvalue weighted by Gasteiger charge is 2.15. The van der Waals surface area contributed by atoms with Crippen molar-refractivity contribution in [1.29, 1.82) is 0 Å². The summed E-state index contributed by atoms with van der Waals surface area (Å²) in [5, 5.41) is 2.65. The van der Waals surface area contributed by atoms with E-state index in [4.69, 9.17) is 15.9 Å². The van der Waals surface area contributed by atoms with Crippen LogP contribution in [0.4, 0.5) is 0 Å². The van der Waals surface area contributed by atoms with Crippen molar-refractivity contribution >= 4 is 5.91 Å². The minimum absolute atomic E-state index is 0.0673. The van der Waals surface area contributed by atoms with Gasteiger partial charge in [0.1, 0.15) is 6.54 Å². The standard InChI is InChI=1S/C15H20N2O3/c1-5-9-16-14(18)11-17(2)10-12-7-6-8-13(19-3)15(12)20-4/h1,6-8H,9-11H2,2-4H3,(H,16,18)/p+1. The van der Waals surface area contributed by atoms with Gasteiger partial charge >= 0.3 is 0 Å². The first kappa shape index (κ1) is 15.9. The number of para-hydroxylation sites is 1. The lowest BCUT2D eigenvalue weighted by atomic mass is 10.1. The van der Waals surface area contributed by atoms with Gasteiger partial charge in [0, 0.05) is 0 Å². The first-order valence-electron chi connectivity index (χ1n) is 6.33. The van der Waals surface area contributed by atoms with E-state index >= 15 is 0 Å². The number of likely N-dealkylation sites (N-methyl/N-ethyl adjacent to an activating group) is 1. The average molecular weight is 277 g/mol. The topological polar surface area (TPSA) is 52.0 Å². The second-order valence-electron chi connectivity index (χ2n) is 4.44. The van der Waals surface area contributed by atoms with Crippen LogP contribution in [-0.4, -0.2) is 40.3 Å². The number of carbonyl (C=O) groups is 1. The fourth-order valence-corrected chi connectivity index (χ4v) is 1.97. The molecular formula is C15H21N2O3+. The highest BCUT2D eigenvalue weighted by Crippen LogP contribution is 2.29. The van der Waals surface area contributed by atoms with E-state index in [1.807, 2.05) is 25.2 Å². The lowest BCUT2D eigenvalue weighted by molar-refractivity contribution is -0.885. The van der Waals surface area contributed by atoms with Crippen LogP contribution in [0.5, 0.6) is 11.5 Å². The maximum atomic E-state index is 11.6. The molecule has 0 spiro atoms.